The number of aromatic nitrogens is 1. The summed E-state index contributed by atoms with van der Waals surface area (Å²) in [6.45, 7) is 0.428. The first-order valence-electron chi connectivity index (χ1n) is 5.86. The van der Waals surface area contributed by atoms with Crippen molar-refractivity contribution in [3.63, 3.8) is 0 Å². The van der Waals surface area contributed by atoms with Gasteiger partial charge in [-0.15, -0.1) is 0 Å². The van der Waals surface area contributed by atoms with Crippen molar-refractivity contribution in [1.29, 1.82) is 0 Å². The van der Waals surface area contributed by atoms with Gasteiger partial charge in [-0.1, -0.05) is 23.7 Å². The highest BCUT2D eigenvalue weighted by Crippen LogP contribution is 2.12. The van der Waals surface area contributed by atoms with Crippen molar-refractivity contribution < 1.29 is 4.79 Å². The molecule has 0 saturated carbocycles. The summed E-state index contributed by atoms with van der Waals surface area (Å²) in [5.41, 5.74) is 1.47. The summed E-state index contributed by atoms with van der Waals surface area (Å²) in [6, 6.07) is 10.8. The number of carbonyl (C=O) groups is 1. The number of anilines is 1. The molecule has 2 rings (SSSR count). The Bertz CT molecular complexity index is 586. The number of hydrogen-bond donors (Lipinski definition) is 2. The molecule has 0 radical (unpaired) electrons. The van der Waals surface area contributed by atoms with Crippen LogP contribution in [0.5, 0.6) is 0 Å². The van der Waals surface area contributed by atoms with Crippen LogP contribution in [-0.2, 0) is 6.54 Å². The number of benzene rings is 1. The molecule has 0 unspecified atom stereocenters. The van der Waals surface area contributed by atoms with E-state index in [1.54, 1.807) is 31.4 Å². The molecule has 1 amide bonds. The molecule has 0 atom stereocenters. The van der Waals surface area contributed by atoms with Gasteiger partial charge in [0.05, 0.1) is 5.56 Å². The minimum absolute atomic E-state index is 0.169. The topological polar surface area (TPSA) is 54.0 Å². The second kappa shape index (κ2) is 6.20. The van der Waals surface area contributed by atoms with Gasteiger partial charge >= 0.3 is 0 Å². The SMILES string of the molecule is CNc1ncccc1C(=O)NCc1cccc(Cl)c1. The van der Waals surface area contributed by atoms with Crippen LogP contribution in [0.15, 0.2) is 42.6 Å². The van der Waals surface area contributed by atoms with Gasteiger partial charge in [0.2, 0.25) is 0 Å². The lowest BCUT2D eigenvalue weighted by molar-refractivity contribution is 0.0951. The van der Waals surface area contributed by atoms with Crippen molar-refractivity contribution >= 4 is 23.3 Å². The summed E-state index contributed by atoms with van der Waals surface area (Å²) in [5.74, 6) is 0.392. The quantitative estimate of drug-likeness (QED) is 0.902. The maximum absolute atomic E-state index is 12.1. The van der Waals surface area contributed by atoms with Gasteiger partial charge in [-0.3, -0.25) is 4.79 Å². The Balaban J connectivity index is 2.05. The Hall–Kier alpha value is -2.07. The van der Waals surface area contributed by atoms with Crippen LogP contribution in [0.1, 0.15) is 15.9 Å². The third kappa shape index (κ3) is 3.45. The lowest BCUT2D eigenvalue weighted by atomic mass is 10.2. The van der Waals surface area contributed by atoms with Crippen LogP contribution in [0.2, 0.25) is 5.02 Å². The molecule has 98 valence electrons. The van der Waals surface area contributed by atoms with Gasteiger partial charge in [0.15, 0.2) is 0 Å². The molecule has 0 bridgehead atoms. The molecule has 0 saturated heterocycles. The predicted molar refractivity (Wildman–Crippen MR) is 76.4 cm³/mol. The fraction of sp³-hybridized carbons (Fsp3) is 0.143. The minimum Gasteiger partial charge on any atom is -0.372 e. The molecule has 19 heavy (non-hydrogen) atoms. The molecule has 0 spiro atoms. The molecule has 1 aromatic carbocycles. The van der Waals surface area contributed by atoms with E-state index in [4.69, 9.17) is 11.6 Å². The number of amides is 1. The van der Waals surface area contributed by atoms with Crippen molar-refractivity contribution in [2.75, 3.05) is 12.4 Å². The van der Waals surface area contributed by atoms with E-state index in [0.717, 1.165) is 5.56 Å². The second-order valence-corrected chi connectivity index (χ2v) is 4.40. The average Bonchev–Trinajstić information content (AvgIpc) is 2.45. The molecule has 0 aliphatic rings. The van der Waals surface area contributed by atoms with E-state index < -0.39 is 0 Å². The summed E-state index contributed by atoms with van der Waals surface area (Å²) in [5, 5.41) is 6.39. The summed E-state index contributed by atoms with van der Waals surface area (Å²) < 4.78 is 0. The normalized spacial score (nSPS) is 10.0. The molecular weight excluding hydrogens is 262 g/mol. The summed E-state index contributed by atoms with van der Waals surface area (Å²) in [7, 11) is 1.73. The van der Waals surface area contributed by atoms with Crippen molar-refractivity contribution in [2.45, 2.75) is 6.54 Å². The number of nitrogens with zero attached hydrogens (tertiary/aromatic N) is 1. The van der Waals surface area contributed by atoms with Gasteiger partial charge in [-0.2, -0.15) is 0 Å². The van der Waals surface area contributed by atoms with E-state index in [1.807, 2.05) is 18.2 Å². The third-order valence-corrected chi connectivity index (χ3v) is 2.87. The molecule has 4 nitrogen and oxygen atoms in total. The van der Waals surface area contributed by atoms with Gasteiger partial charge < -0.3 is 10.6 Å². The minimum atomic E-state index is -0.169. The third-order valence-electron chi connectivity index (χ3n) is 2.63. The average molecular weight is 276 g/mol. The molecule has 1 heterocycles. The van der Waals surface area contributed by atoms with Crippen LogP contribution in [-0.4, -0.2) is 17.9 Å². The van der Waals surface area contributed by atoms with Gasteiger partial charge in [0, 0.05) is 24.8 Å². The van der Waals surface area contributed by atoms with Gasteiger partial charge in [-0.05, 0) is 29.8 Å². The number of nitrogens with one attached hydrogen (secondary N) is 2. The van der Waals surface area contributed by atoms with Crippen LogP contribution in [0.3, 0.4) is 0 Å². The van der Waals surface area contributed by atoms with Crippen molar-refractivity contribution in [3.8, 4) is 0 Å². The fourth-order valence-corrected chi connectivity index (χ4v) is 1.93. The predicted octanol–water partition coefficient (Wildman–Crippen LogP) is 2.71. The highest BCUT2D eigenvalue weighted by atomic mass is 35.5. The summed E-state index contributed by atoms with van der Waals surface area (Å²) in [6.07, 6.45) is 1.64. The first-order valence-corrected chi connectivity index (χ1v) is 6.24. The molecule has 0 aliphatic heterocycles. The Labute approximate surface area is 116 Å². The van der Waals surface area contributed by atoms with Gasteiger partial charge in [0.1, 0.15) is 5.82 Å². The van der Waals surface area contributed by atoms with Crippen LogP contribution in [0.25, 0.3) is 0 Å². The zero-order valence-electron chi connectivity index (χ0n) is 10.5. The smallest absolute Gasteiger partial charge is 0.255 e. The maximum Gasteiger partial charge on any atom is 0.255 e. The number of carbonyl (C=O) groups excluding carboxylic acids is 1. The van der Waals surface area contributed by atoms with Crippen molar-refractivity contribution in [1.82, 2.24) is 10.3 Å². The lowest BCUT2D eigenvalue weighted by Crippen LogP contribution is -2.24. The first kappa shape index (κ1) is 13.4. The maximum atomic E-state index is 12.1. The number of rotatable bonds is 4. The molecule has 5 heteroatoms. The zero-order valence-corrected chi connectivity index (χ0v) is 11.2. The van der Waals surface area contributed by atoms with Crippen LogP contribution >= 0.6 is 11.6 Å². The molecule has 0 aliphatic carbocycles. The van der Waals surface area contributed by atoms with Crippen LogP contribution in [0.4, 0.5) is 5.82 Å². The van der Waals surface area contributed by atoms with E-state index in [0.29, 0.717) is 22.9 Å². The zero-order chi connectivity index (χ0) is 13.7. The number of halogens is 1. The summed E-state index contributed by atoms with van der Waals surface area (Å²) >= 11 is 5.89. The van der Waals surface area contributed by atoms with E-state index in [2.05, 4.69) is 15.6 Å². The monoisotopic (exact) mass is 275 g/mol. The van der Waals surface area contributed by atoms with E-state index >= 15 is 0 Å². The lowest BCUT2D eigenvalue weighted by Gasteiger charge is -2.09. The molecule has 2 N–H and O–H groups in total. The second-order valence-electron chi connectivity index (χ2n) is 3.96. The van der Waals surface area contributed by atoms with Gasteiger partial charge in [-0.25, -0.2) is 4.98 Å². The molecule has 0 fully saturated rings. The molecular formula is C14H14ClN3O. The van der Waals surface area contributed by atoms with Gasteiger partial charge in [0.25, 0.3) is 5.91 Å². The Morgan fingerprint density at radius 2 is 2.16 bits per heavy atom. The van der Waals surface area contributed by atoms with Crippen LogP contribution < -0.4 is 10.6 Å². The van der Waals surface area contributed by atoms with Crippen molar-refractivity contribution in [3.05, 3.63) is 58.7 Å². The largest absolute Gasteiger partial charge is 0.372 e. The molecule has 1 aromatic heterocycles. The number of pyridine rings is 1. The fourth-order valence-electron chi connectivity index (χ4n) is 1.71. The Morgan fingerprint density at radius 3 is 2.89 bits per heavy atom. The van der Waals surface area contributed by atoms with Crippen LogP contribution in [0, 0.1) is 0 Å². The standard InChI is InChI=1S/C14H14ClN3O/c1-16-13-12(6-3-7-17-13)14(19)18-9-10-4-2-5-11(15)8-10/h2-8H,9H2,1H3,(H,16,17)(H,18,19). The van der Waals surface area contributed by atoms with E-state index in [-0.39, 0.29) is 5.91 Å². The number of hydrogen-bond acceptors (Lipinski definition) is 3. The summed E-state index contributed by atoms with van der Waals surface area (Å²) in [4.78, 5) is 16.2. The van der Waals surface area contributed by atoms with Crippen molar-refractivity contribution in [2.24, 2.45) is 0 Å². The van der Waals surface area contributed by atoms with E-state index in [1.165, 1.54) is 0 Å². The Kier molecular flexibility index (Phi) is 4.36. The van der Waals surface area contributed by atoms with E-state index in [9.17, 15) is 4.79 Å². The first-order chi connectivity index (χ1) is 9.20. The highest BCUT2D eigenvalue weighted by molar-refractivity contribution is 6.30. The highest BCUT2D eigenvalue weighted by Gasteiger charge is 2.10. The molecule has 2 aromatic rings. The Morgan fingerprint density at radius 1 is 1.32 bits per heavy atom.